The van der Waals surface area contributed by atoms with Gasteiger partial charge in [-0.25, -0.2) is 0 Å². The second-order valence-corrected chi connectivity index (χ2v) is 4.54. The predicted octanol–water partition coefficient (Wildman–Crippen LogP) is 3.43. The molecule has 0 bridgehead atoms. The molecular weight excluding hydrogens is 228 g/mol. The molecule has 0 spiro atoms. The first-order valence-electron chi connectivity index (χ1n) is 6.47. The van der Waals surface area contributed by atoms with Crippen molar-refractivity contribution in [2.24, 2.45) is 5.92 Å². The van der Waals surface area contributed by atoms with Crippen molar-refractivity contribution in [3.8, 4) is 5.75 Å². The fourth-order valence-electron chi connectivity index (χ4n) is 1.77. The molecule has 0 heterocycles. The highest BCUT2D eigenvalue weighted by Gasteiger charge is 2.08. The minimum Gasteiger partial charge on any atom is -0.494 e. The Labute approximate surface area is 109 Å². The Hall–Kier alpha value is -1.51. The zero-order valence-corrected chi connectivity index (χ0v) is 11.2. The zero-order chi connectivity index (χ0) is 13.2. The number of hydrogen-bond acceptors (Lipinski definition) is 3. The maximum absolute atomic E-state index is 11.0. The number of carbonyl (C=O) groups is 1. The van der Waals surface area contributed by atoms with Gasteiger partial charge in [0.15, 0.2) is 0 Å². The van der Waals surface area contributed by atoms with Gasteiger partial charge in [-0.15, -0.1) is 0 Å². The van der Waals surface area contributed by atoms with E-state index in [1.165, 1.54) is 7.11 Å². The van der Waals surface area contributed by atoms with Crippen LogP contribution in [0.4, 0.5) is 0 Å². The molecule has 0 aliphatic carbocycles. The molecule has 3 heteroatoms. The number of methoxy groups -OCH3 is 1. The molecule has 1 unspecified atom stereocenters. The summed E-state index contributed by atoms with van der Waals surface area (Å²) >= 11 is 0. The lowest BCUT2D eigenvalue weighted by molar-refractivity contribution is -0.141. The van der Waals surface area contributed by atoms with Crippen molar-refractivity contribution >= 4 is 5.97 Å². The third-order valence-corrected chi connectivity index (χ3v) is 2.85. The molecule has 0 aliphatic heterocycles. The minimum absolute atomic E-state index is 0.122. The van der Waals surface area contributed by atoms with Gasteiger partial charge < -0.3 is 9.47 Å². The van der Waals surface area contributed by atoms with Gasteiger partial charge in [-0.2, -0.15) is 0 Å². The van der Waals surface area contributed by atoms with E-state index in [-0.39, 0.29) is 5.97 Å². The lowest BCUT2D eigenvalue weighted by Crippen LogP contribution is -2.07. The number of esters is 1. The largest absolute Gasteiger partial charge is 0.494 e. The fourth-order valence-corrected chi connectivity index (χ4v) is 1.77. The molecule has 1 atom stereocenters. The summed E-state index contributed by atoms with van der Waals surface area (Å²) in [7, 11) is 1.43. The van der Waals surface area contributed by atoms with Crippen LogP contribution in [0.3, 0.4) is 0 Å². The molecule has 1 rings (SSSR count). The van der Waals surface area contributed by atoms with Gasteiger partial charge in [0.1, 0.15) is 5.75 Å². The average Bonchev–Trinajstić information content (AvgIpc) is 2.39. The normalized spacial score (nSPS) is 11.9. The summed E-state index contributed by atoms with van der Waals surface area (Å²) in [5, 5.41) is 0. The Morgan fingerprint density at radius 3 is 2.61 bits per heavy atom. The first kappa shape index (κ1) is 14.6. The van der Waals surface area contributed by atoms with Crippen LogP contribution in [0.2, 0.25) is 0 Å². The van der Waals surface area contributed by atoms with Crippen LogP contribution in [-0.2, 0) is 9.53 Å². The van der Waals surface area contributed by atoms with E-state index < -0.39 is 0 Å². The first-order valence-corrected chi connectivity index (χ1v) is 6.47. The van der Waals surface area contributed by atoms with Crippen LogP contribution in [-0.4, -0.2) is 19.7 Å². The van der Waals surface area contributed by atoms with E-state index in [0.29, 0.717) is 12.3 Å². The molecule has 0 N–H and O–H groups in total. The van der Waals surface area contributed by atoms with E-state index in [4.69, 9.17) is 4.74 Å². The van der Waals surface area contributed by atoms with Gasteiger partial charge in [-0.1, -0.05) is 31.5 Å². The molecule has 100 valence electrons. The van der Waals surface area contributed by atoms with Crippen LogP contribution in [0.15, 0.2) is 30.3 Å². The van der Waals surface area contributed by atoms with Crippen LogP contribution in [0.25, 0.3) is 0 Å². The Kier molecular flexibility index (Phi) is 6.92. The highest BCUT2D eigenvalue weighted by atomic mass is 16.5. The molecule has 18 heavy (non-hydrogen) atoms. The topological polar surface area (TPSA) is 35.5 Å². The van der Waals surface area contributed by atoms with Crippen molar-refractivity contribution in [1.82, 2.24) is 0 Å². The maximum atomic E-state index is 11.0. The van der Waals surface area contributed by atoms with Crippen LogP contribution < -0.4 is 4.74 Å². The Balaban J connectivity index is 2.03. The predicted molar refractivity (Wildman–Crippen MR) is 71.6 cm³/mol. The van der Waals surface area contributed by atoms with Crippen molar-refractivity contribution in [3.63, 3.8) is 0 Å². The monoisotopic (exact) mass is 250 g/mol. The van der Waals surface area contributed by atoms with Crippen molar-refractivity contribution in [3.05, 3.63) is 30.3 Å². The van der Waals surface area contributed by atoms with E-state index in [1.807, 2.05) is 30.3 Å². The number of benzene rings is 1. The standard InChI is InChI=1S/C15H22O3/c1-13(12-15(16)17-2)8-6-7-11-18-14-9-4-3-5-10-14/h3-5,9-10,13H,6-8,11-12H2,1-2H3. The number of unbranched alkanes of at least 4 members (excludes halogenated alkanes) is 1. The van der Waals surface area contributed by atoms with Gasteiger partial charge in [0.05, 0.1) is 13.7 Å². The number of para-hydroxylation sites is 1. The van der Waals surface area contributed by atoms with E-state index >= 15 is 0 Å². The second-order valence-electron chi connectivity index (χ2n) is 4.54. The summed E-state index contributed by atoms with van der Waals surface area (Å²) in [6.45, 7) is 2.81. The summed E-state index contributed by atoms with van der Waals surface area (Å²) in [6.07, 6.45) is 3.63. The molecule has 3 nitrogen and oxygen atoms in total. The molecule has 0 radical (unpaired) electrons. The van der Waals surface area contributed by atoms with Gasteiger partial charge in [0.25, 0.3) is 0 Å². The van der Waals surface area contributed by atoms with Crippen molar-refractivity contribution < 1.29 is 14.3 Å². The quantitative estimate of drug-likeness (QED) is 0.523. The number of hydrogen-bond donors (Lipinski definition) is 0. The lowest BCUT2D eigenvalue weighted by Gasteiger charge is -2.10. The Morgan fingerprint density at radius 2 is 1.94 bits per heavy atom. The van der Waals surface area contributed by atoms with E-state index in [2.05, 4.69) is 11.7 Å². The average molecular weight is 250 g/mol. The summed E-state index contributed by atoms with van der Waals surface area (Å²) in [6, 6.07) is 9.82. The molecular formula is C15H22O3. The molecule has 0 amide bonds. The third kappa shape index (κ3) is 6.28. The lowest BCUT2D eigenvalue weighted by atomic mass is 10.0. The van der Waals surface area contributed by atoms with E-state index in [0.717, 1.165) is 31.6 Å². The summed E-state index contributed by atoms with van der Waals surface area (Å²) in [5.41, 5.74) is 0. The molecule has 0 aromatic heterocycles. The van der Waals surface area contributed by atoms with Gasteiger partial charge in [0, 0.05) is 6.42 Å². The summed E-state index contributed by atoms with van der Waals surface area (Å²) in [4.78, 5) is 11.0. The highest BCUT2D eigenvalue weighted by molar-refractivity contribution is 5.69. The van der Waals surface area contributed by atoms with Crippen LogP contribution in [0.5, 0.6) is 5.75 Å². The molecule has 0 saturated heterocycles. The number of ether oxygens (including phenoxy) is 2. The molecule has 0 aliphatic rings. The molecule has 1 aromatic rings. The number of rotatable bonds is 8. The van der Waals surface area contributed by atoms with Crippen molar-refractivity contribution in [2.75, 3.05) is 13.7 Å². The number of carbonyl (C=O) groups excluding carboxylic acids is 1. The van der Waals surface area contributed by atoms with Gasteiger partial charge >= 0.3 is 5.97 Å². The smallest absolute Gasteiger partial charge is 0.305 e. The van der Waals surface area contributed by atoms with Gasteiger partial charge in [-0.05, 0) is 30.9 Å². The Bertz CT molecular complexity index is 335. The molecule has 0 saturated carbocycles. The highest BCUT2D eigenvalue weighted by Crippen LogP contribution is 2.14. The summed E-state index contributed by atoms with van der Waals surface area (Å²) in [5.74, 6) is 1.18. The van der Waals surface area contributed by atoms with Gasteiger partial charge in [0.2, 0.25) is 0 Å². The van der Waals surface area contributed by atoms with Crippen molar-refractivity contribution in [1.29, 1.82) is 0 Å². The SMILES string of the molecule is COC(=O)CC(C)CCCCOc1ccccc1. The zero-order valence-electron chi connectivity index (χ0n) is 11.2. The van der Waals surface area contributed by atoms with Crippen LogP contribution >= 0.6 is 0 Å². The fraction of sp³-hybridized carbons (Fsp3) is 0.533. The van der Waals surface area contributed by atoms with Gasteiger partial charge in [-0.3, -0.25) is 4.79 Å². The van der Waals surface area contributed by atoms with E-state index in [9.17, 15) is 4.79 Å². The molecule has 0 fully saturated rings. The van der Waals surface area contributed by atoms with E-state index in [1.54, 1.807) is 0 Å². The molecule has 1 aromatic carbocycles. The minimum atomic E-state index is -0.122. The summed E-state index contributed by atoms with van der Waals surface area (Å²) < 4.78 is 10.2. The maximum Gasteiger partial charge on any atom is 0.305 e. The van der Waals surface area contributed by atoms with Crippen molar-refractivity contribution in [2.45, 2.75) is 32.6 Å². The first-order chi connectivity index (χ1) is 8.72. The second kappa shape index (κ2) is 8.56. The third-order valence-electron chi connectivity index (χ3n) is 2.85. The van der Waals surface area contributed by atoms with Crippen LogP contribution in [0.1, 0.15) is 32.6 Å². The Morgan fingerprint density at radius 1 is 1.22 bits per heavy atom. The van der Waals surface area contributed by atoms with Crippen LogP contribution in [0, 0.1) is 5.92 Å².